The number of ether oxygens (including phenoxy) is 1. The van der Waals surface area contributed by atoms with Gasteiger partial charge in [-0.25, -0.2) is 9.97 Å². The number of aliphatic hydroxyl groups excluding tert-OH is 1. The van der Waals surface area contributed by atoms with Crippen molar-refractivity contribution in [3.05, 3.63) is 23.0 Å². The minimum atomic E-state index is -0.259. The maximum absolute atomic E-state index is 11.5. The number of H-pyrrole nitrogens is 1. The van der Waals surface area contributed by atoms with Crippen LogP contribution >= 0.6 is 0 Å². The van der Waals surface area contributed by atoms with E-state index >= 15 is 0 Å². The molecule has 7 nitrogen and oxygen atoms in total. The smallest absolute Gasteiger partial charge is 1.00 e. The zero-order chi connectivity index (χ0) is 11.8. The van der Waals surface area contributed by atoms with Crippen LogP contribution in [0.3, 0.4) is 0 Å². The van der Waals surface area contributed by atoms with Gasteiger partial charge >= 0.3 is 29.6 Å². The minimum absolute atomic E-state index is 0. The standard InChI is InChI=1S/C10H12N4O3.Na.H/c15-3-6-1-2-7(17-6)14-5-13-8-9(14)11-4-12-10(8)16;;/h4-7,15H,1-3H2,(H,11,12,16);;/q;+1;-1/t6-,7+;;/m0../s1. The van der Waals surface area contributed by atoms with Crippen LogP contribution in [0.2, 0.25) is 0 Å². The molecule has 1 fully saturated rings. The SMILES string of the molecule is O=c1[nH]cnc2c1ncn2[C@H]1CC[C@@H](CO)O1.[H-].[Na+]. The van der Waals surface area contributed by atoms with Gasteiger partial charge in [0.1, 0.15) is 6.23 Å². The Hall–Kier alpha value is -0.730. The molecular weight excluding hydrogens is 247 g/mol. The number of aromatic amines is 1. The summed E-state index contributed by atoms with van der Waals surface area (Å²) >= 11 is 0. The van der Waals surface area contributed by atoms with E-state index in [-0.39, 0.29) is 55.5 Å². The fraction of sp³-hybridized carbons (Fsp3) is 0.500. The first-order valence-electron chi connectivity index (χ1n) is 5.46. The summed E-state index contributed by atoms with van der Waals surface area (Å²) in [5, 5.41) is 9.02. The minimum Gasteiger partial charge on any atom is -1.00 e. The van der Waals surface area contributed by atoms with Gasteiger partial charge in [0.15, 0.2) is 11.2 Å². The molecule has 92 valence electrons. The number of imidazole rings is 1. The van der Waals surface area contributed by atoms with Crippen LogP contribution in [-0.2, 0) is 4.74 Å². The van der Waals surface area contributed by atoms with E-state index in [1.807, 2.05) is 0 Å². The van der Waals surface area contributed by atoms with E-state index in [1.54, 1.807) is 10.9 Å². The second-order valence-electron chi connectivity index (χ2n) is 4.03. The molecule has 2 atom stereocenters. The Kier molecular flexibility index (Phi) is 4.18. The van der Waals surface area contributed by atoms with Gasteiger partial charge in [-0.1, -0.05) is 0 Å². The third kappa shape index (κ3) is 2.24. The van der Waals surface area contributed by atoms with Gasteiger partial charge < -0.3 is 16.3 Å². The Labute approximate surface area is 126 Å². The molecule has 2 aromatic rings. The summed E-state index contributed by atoms with van der Waals surface area (Å²) in [4.78, 5) is 22.1. The quantitative estimate of drug-likeness (QED) is 0.558. The van der Waals surface area contributed by atoms with Crippen molar-refractivity contribution in [3.63, 3.8) is 0 Å². The van der Waals surface area contributed by atoms with Gasteiger partial charge in [0.2, 0.25) is 0 Å². The number of hydrogen-bond acceptors (Lipinski definition) is 5. The third-order valence-electron chi connectivity index (χ3n) is 2.96. The second kappa shape index (κ2) is 5.50. The molecule has 3 rings (SSSR count). The van der Waals surface area contributed by atoms with Crippen LogP contribution in [0.1, 0.15) is 20.5 Å². The number of aliphatic hydroxyl groups is 1. The summed E-state index contributed by atoms with van der Waals surface area (Å²) in [6.45, 7) is 0.0111. The average molecular weight is 260 g/mol. The van der Waals surface area contributed by atoms with Gasteiger partial charge in [0.25, 0.3) is 5.56 Å². The van der Waals surface area contributed by atoms with Gasteiger partial charge in [-0.2, -0.15) is 0 Å². The molecule has 0 spiro atoms. The fourth-order valence-corrected chi connectivity index (χ4v) is 2.10. The van der Waals surface area contributed by atoms with E-state index in [9.17, 15) is 4.79 Å². The topological polar surface area (TPSA) is 93.0 Å². The average Bonchev–Trinajstić information content (AvgIpc) is 2.94. The van der Waals surface area contributed by atoms with Crippen molar-refractivity contribution in [1.29, 1.82) is 0 Å². The Morgan fingerprint density at radius 2 is 2.39 bits per heavy atom. The molecule has 0 amide bonds. The molecule has 0 aromatic carbocycles. The van der Waals surface area contributed by atoms with E-state index in [0.29, 0.717) is 11.2 Å². The van der Waals surface area contributed by atoms with E-state index in [1.165, 1.54) is 6.33 Å². The zero-order valence-corrected chi connectivity index (χ0v) is 12.0. The molecule has 1 aliphatic rings. The van der Waals surface area contributed by atoms with Gasteiger partial charge in [-0.15, -0.1) is 0 Å². The molecule has 18 heavy (non-hydrogen) atoms. The largest absolute Gasteiger partial charge is 1.00 e. The summed E-state index contributed by atoms with van der Waals surface area (Å²) in [6, 6.07) is 0. The summed E-state index contributed by atoms with van der Waals surface area (Å²) in [5.41, 5.74) is 0.561. The third-order valence-corrected chi connectivity index (χ3v) is 2.96. The van der Waals surface area contributed by atoms with E-state index in [2.05, 4.69) is 15.0 Å². The molecule has 8 heteroatoms. The van der Waals surface area contributed by atoms with Crippen molar-refractivity contribution < 1.29 is 40.8 Å². The predicted octanol–water partition coefficient (Wildman–Crippen LogP) is -3.09. The monoisotopic (exact) mass is 260 g/mol. The van der Waals surface area contributed by atoms with Crippen LogP contribution in [0.15, 0.2) is 17.4 Å². The number of nitrogens with zero attached hydrogens (tertiary/aromatic N) is 3. The fourth-order valence-electron chi connectivity index (χ4n) is 2.10. The molecule has 0 saturated carbocycles. The maximum atomic E-state index is 11.5. The molecular formula is C10H13N4NaO3. The van der Waals surface area contributed by atoms with Crippen LogP contribution in [0, 0.1) is 0 Å². The van der Waals surface area contributed by atoms with Crippen molar-refractivity contribution >= 4 is 11.2 Å². The van der Waals surface area contributed by atoms with Gasteiger partial charge in [-0.3, -0.25) is 9.36 Å². The van der Waals surface area contributed by atoms with Crippen molar-refractivity contribution in [2.45, 2.75) is 25.2 Å². The van der Waals surface area contributed by atoms with Crippen LogP contribution in [-0.4, -0.2) is 37.3 Å². The first kappa shape index (κ1) is 13.7. The van der Waals surface area contributed by atoms with Gasteiger partial charge in [0, 0.05) is 0 Å². The molecule has 0 bridgehead atoms. The molecule has 2 aromatic heterocycles. The van der Waals surface area contributed by atoms with Gasteiger partial charge in [0.05, 0.1) is 25.4 Å². The Morgan fingerprint density at radius 3 is 3.11 bits per heavy atom. The second-order valence-corrected chi connectivity index (χ2v) is 4.03. The molecule has 2 N–H and O–H groups in total. The Bertz CT molecular complexity index is 602. The molecule has 3 heterocycles. The van der Waals surface area contributed by atoms with Crippen LogP contribution in [0.5, 0.6) is 0 Å². The number of nitrogens with one attached hydrogen (secondary N) is 1. The van der Waals surface area contributed by atoms with E-state index in [4.69, 9.17) is 9.84 Å². The van der Waals surface area contributed by atoms with Crippen molar-refractivity contribution in [3.8, 4) is 0 Å². The van der Waals surface area contributed by atoms with Crippen molar-refractivity contribution in [2.24, 2.45) is 0 Å². The van der Waals surface area contributed by atoms with Crippen LogP contribution < -0.4 is 35.1 Å². The summed E-state index contributed by atoms with van der Waals surface area (Å²) < 4.78 is 7.36. The Morgan fingerprint density at radius 1 is 1.56 bits per heavy atom. The summed E-state index contributed by atoms with van der Waals surface area (Å²) in [6.07, 6.45) is 4.14. The zero-order valence-electron chi connectivity index (χ0n) is 11.0. The van der Waals surface area contributed by atoms with Crippen LogP contribution in [0.25, 0.3) is 11.2 Å². The number of rotatable bonds is 2. The van der Waals surface area contributed by atoms with E-state index in [0.717, 1.165) is 12.8 Å². The number of fused-ring (bicyclic) bond motifs is 1. The first-order chi connectivity index (χ1) is 8.29. The molecule has 1 saturated heterocycles. The molecule has 0 unspecified atom stereocenters. The van der Waals surface area contributed by atoms with Crippen molar-refractivity contribution in [2.75, 3.05) is 6.61 Å². The molecule has 0 radical (unpaired) electrons. The number of hydrogen-bond donors (Lipinski definition) is 2. The van der Waals surface area contributed by atoms with Crippen molar-refractivity contribution in [1.82, 2.24) is 19.5 Å². The predicted molar refractivity (Wildman–Crippen MR) is 59.5 cm³/mol. The molecule has 0 aliphatic carbocycles. The first-order valence-corrected chi connectivity index (χ1v) is 5.46. The maximum Gasteiger partial charge on any atom is 1.00 e. The summed E-state index contributed by atoms with van der Waals surface area (Å²) in [7, 11) is 0. The molecule has 1 aliphatic heterocycles. The number of aromatic nitrogens is 4. The Balaban J connectivity index is 0.000000902. The van der Waals surface area contributed by atoms with Gasteiger partial charge in [-0.05, 0) is 12.8 Å². The summed E-state index contributed by atoms with van der Waals surface area (Å²) in [5.74, 6) is 0. The van der Waals surface area contributed by atoms with E-state index < -0.39 is 0 Å². The normalized spacial score (nSPS) is 23.2. The van der Waals surface area contributed by atoms with Crippen LogP contribution in [0.4, 0.5) is 0 Å².